The molecule has 13 nitrogen and oxygen atoms in total. The van der Waals surface area contributed by atoms with E-state index in [9.17, 15) is 64.8 Å². The lowest BCUT2D eigenvalue weighted by molar-refractivity contribution is -0.149. The van der Waals surface area contributed by atoms with Crippen molar-refractivity contribution in [2.24, 2.45) is 5.92 Å². The summed E-state index contributed by atoms with van der Waals surface area (Å²) in [5, 5.41) is -5.06. The van der Waals surface area contributed by atoms with Gasteiger partial charge in [-0.05, 0) is 26.0 Å². The summed E-state index contributed by atoms with van der Waals surface area (Å²) in [6, 6.07) is 7.57. The van der Waals surface area contributed by atoms with Gasteiger partial charge in [-0.2, -0.15) is 26.3 Å². The number of rotatable bonds is 8. The molecule has 1 aliphatic heterocycles. The van der Waals surface area contributed by atoms with Crippen molar-refractivity contribution in [2.75, 3.05) is 0 Å². The summed E-state index contributed by atoms with van der Waals surface area (Å²) < 4.78 is 183. The maximum absolute atomic E-state index is 13.5. The number of nitrogens with zero attached hydrogens (tertiary/aromatic N) is 2. The monoisotopic (exact) mass is 683 g/mol. The van der Waals surface area contributed by atoms with Crippen LogP contribution in [0.1, 0.15) is 38.7 Å². The predicted octanol–water partition coefficient (Wildman–Crippen LogP) is 1.69. The van der Waals surface area contributed by atoms with Crippen LogP contribution in [0.25, 0.3) is 0 Å². The molecule has 0 bridgehead atoms. The highest BCUT2D eigenvalue weighted by Gasteiger charge is 2.64. The van der Waals surface area contributed by atoms with Gasteiger partial charge in [0.05, 0.1) is 16.4 Å². The maximum atomic E-state index is 13.5. The molecule has 3 atom stereocenters. The molecule has 1 aliphatic rings. The minimum absolute atomic E-state index is 0.242. The van der Waals surface area contributed by atoms with E-state index in [2.05, 4.69) is 0 Å². The van der Waals surface area contributed by atoms with Crippen LogP contribution in [0.5, 0.6) is 0 Å². The molecule has 0 saturated carbocycles. The van der Waals surface area contributed by atoms with E-state index in [1.54, 1.807) is 6.07 Å². The lowest BCUT2D eigenvalue weighted by atomic mass is 10.0. The van der Waals surface area contributed by atoms with Crippen molar-refractivity contribution in [1.29, 1.82) is 0 Å². The lowest BCUT2D eigenvalue weighted by Gasteiger charge is -2.38. The topological polar surface area (TPSA) is 181 Å². The summed E-state index contributed by atoms with van der Waals surface area (Å²) in [5.74, 6) is -3.57. The number of nitrogens with one attached hydrogen (secondary N) is 1. The Kier molecular flexibility index (Phi) is 10.2. The van der Waals surface area contributed by atoms with Gasteiger partial charge in [-0.1, -0.05) is 50.6 Å². The Morgan fingerprint density at radius 2 is 1.41 bits per heavy atom. The van der Waals surface area contributed by atoms with Crippen LogP contribution in [0.2, 0.25) is 0 Å². The fourth-order valence-electron chi connectivity index (χ4n) is 3.57. The number of carbonyl (C=O) groups excluding carboxylic acids is 1. The molecule has 1 heterocycles. The van der Waals surface area contributed by atoms with Crippen molar-refractivity contribution < 1.29 is 69.5 Å². The third-order valence-electron chi connectivity index (χ3n) is 5.71. The average molecular weight is 684 g/mol. The van der Waals surface area contributed by atoms with Crippen molar-refractivity contribution in [3.05, 3.63) is 35.9 Å². The van der Waals surface area contributed by atoms with Gasteiger partial charge in [-0.15, -0.1) is 5.53 Å². The summed E-state index contributed by atoms with van der Waals surface area (Å²) in [5.41, 5.74) is -12.5. The molecule has 236 valence electrons. The van der Waals surface area contributed by atoms with Crippen LogP contribution in [0.4, 0.5) is 26.3 Å². The summed E-state index contributed by atoms with van der Waals surface area (Å²) in [6.45, 7) is 1.50. The van der Waals surface area contributed by atoms with Crippen molar-refractivity contribution >= 4 is 46.1 Å². The minimum Gasteiger partial charge on any atom is -0.461 e. The second-order valence-electron chi connectivity index (χ2n) is 8.55. The Labute approximate surface area is 231 Å². The van der Waals surface area contributed by atoms with Crippen LogP contribution in [-0.2, 0) is 56.2 Å². The fourth-order valence-corrected chi connectivity index (χ4v) is 11.0. The first-order valence-corrected chi connectivity index (χ1v) is 17.0. The van der Waals surface area contributed by atoms with E-state index < -0.39 is 101 Å². The number of hydrogen-bond donors (Lipinski definition) is 1. The Bertz CT molecular complexity index is 1550. The molecule has 0 spiro atoms. The number of hydrazine groups is 2. The number of alkyl halides is 6. The van der Waals surface area contributed by atoms with E-state index in [-0.39, 0.29) is 6.42 Å². The Hall–Kier alpha value is -2.05. The van der Waals surface area contributed by atoms with Gasteiger partial charge in [0.2, 0.25) is 20.0 Å². The molecule has 1 fully saturated rings. The van der Waals surface area contributed by atoms with E-state index in [1.807, 2.05) is 0 Å². The van der Waals surface area contributed by atoms with E-state index in [0.717, 1.165) is 6.92 Å². The minimum atomic E-state index is -7.37. The van der Waals surface area contributed by atoms with Crippen LogP contribution >= 0.6 is 0 Å². The third-order valence-corrected chi connectivity index (χ3v) is 14.1. The lowest BCUT2D eigenvalue weighted by Crippen LogP contribution is -2.67. The van der Waals surface area contributed by atoms with Crippen molar-refractivity contribution in [3.8, 4) is 0 Å². The first kappa shape index (κ1) is 35.1. The average Bonchev–Trinajstić information content (AvgIpc) is 2.82. The molecule has 0 amide bonds. The molecule has 0 radical (unpaired) electrons. The molecule has 0 aliphatic carbocycles. The van der Waals surface area contributed by atoms with Gasteiger partial charge < -0.3 is 4.74 Å². The van der Waals surface area contributed by atoms with E-state index in [1.165, 1.54) is 31.2 Å². The highest BCUT2D eigenvalue weighted by atomic mass is 32.3. The Morgan fingerprint density at radius 1 is 0.951 bits per heavy atom. The second-order valence-corrected chi connectivity index (χ2v) is 16.6. The van der Waals surface area contributed by atoms with E-state index >= 15 is 0 Å². The predicted molar refractivity (Wildman–Crippen MR) is 127 cm³/mol. The number of benzene rings is 1. The zero-order chi connectivity index (χ0) is 31.8. The normalized spacial score (nSPS) is 23.7. The molecule has 2 rings (SSSR count). The molecule has 1 aromatic carbocycles. The summed E-state index contributed by atoms with van der Waals surface area (Å²) in [6.07, 6.45) is -2.48. The van der Waals surface area contributed by atoms with Gasteiger partial charge in [0, 0.05) is 0 Å². The molecule has 41 heavy (non-hydrogen) atoms. The zero-order valence-electron chi connectivity index (χ0n) is 20.8. The summed E-state index contributed by atoms with van der Waals surface area (Å²) in [7, 11) is -26.9. The molecular formula is C18H23F6N3O10S4. The van der Waals surface area contributed by atoms with Gasteiger partial charge >= 0.3 is 37.0 Å². The van der Waals surface area contributed by atoms with Crippen LogP contribution in [-0.4, -0.2) is 68.8 Å². The quantitative estimate of drug-likeness (QED) is 0.311. The molecule has 1 saturated heterocycles. The summed E-state index contributed by atoms with van der Waals surface area (Å²) in [4.78, 5) is 12.7. The number of sulfonamides is 4. The molecular weight excluding hydrogens is 660 g/mol. The van der Waals surface area contributed by atoms with Crippen molar-refractivity contribution in [1.82, 2.24) is 13.2 Å². The molecule has 1 N–H and O–H groups in total. The van der Waals surface area contributed by atoms with Gasteiger partial charge in [-0.3, -0.25) is 4.79 Å². The van der Waals surface area contributed by atoms with Crippen LogP contribution in [0.3, 0.4) is 0 Å². The van der Waals surface area contributed by atoms with Crippen LogP contribution < -0.4 is 5.53 Å². The number of esters is 1. The van der Waals surface area contributed by atoms with Gasteiger partial charge in [-0.25, -0.2) is 33.7 Å². The Morgan fingerprint density at radius 3 is 1.85 bits per heavy atom. The van der Waals surface area contributed by atoms with Crippen LogP contribution in [0, 0.1) is 5.92 Å². The van der Waals surface area contributed by atoms with Gasteiger partial charge in [0.25, 0.3) is 0 Å². The van der Waals surface area contributed by atoms with Crippen molar-refractivity contribution in [3.63, 3.8) is 0 Å². The highest BCUT2D eigenvalue weighted by Crippen LogP contribution is 2.38. The molecule has 0 aromatic heterocycles. The molecule has 1 aromatic rings. The summed E-state index contributed by atoms with van der Waals surface area (Å²) >= 11 is 0. The number of halogens is 6. The molecule has 23 heteroatoms. The fraction of sp³-hybridized carbons (Fsp3) is 0.611. The van der Waals surface area contributed by atoms with Gasteiger partial charge in [0.1, 0.15) is 6.61 Å². The largest absolute Gasteiger partial charge is 0.513 e. The van der Waals surface area contributed by atoms with E-state index in [4.69, 9.17) is 4.74 Å². The van der Waals surface area contributed by atoms with E-state index in [0.29, 0.717) is 11.1 Å². The maximum Gasteiger partial charge on any atom is 0.513 e. The molecule has 3 unspecified atom stereocenters. The third kappa shape index (κ3) is 6.96. The SMILES string of the molecule is CCCC1CC(C(C)C(=O)OCc2ccccc2)S(=O)(=O)N(S(=O)(=O)C(F)(F)F)NN(S(=O)(=O)C(F)(F)F)S1(=O)=O. The standard InChI is InChI=1S/C18H23F6N3O10S4/c1-3-7-14-10-15(12(2)16(28)37-11-13-8-5-4-6-9-13)39(31,32)27(41(35,36)18(22,23)24)25-26(38(14,29)30)40(33,34)17(19,20)21/h4-6,8-9,12,14-15,25H,3,7,10-11H2,1-2H3. The Balaban J connectivity index is 2.79. The smallest absolute Gasteiger partial charge is 0.461 e. The van der Waals surface area contributed by atoms with Crippen LogP contribution in [0.15, 0.2) is 30.3 Å². The van der Waals surface area contributed by atoms with Gasteiger partial charge in [0.15, 0.2) is 0 Å². The second kappa shape index (κ2) is 11.9. The first-order valence-electron chi connectivity index (χ1n) is 11.1. The number of hydrogen-bond acceptors (Lipinski definition) is 11. The zero-order valence-corrected chi connectivity index (χ0v) is 24.1. The number of carbonyl (C=O) groups is 1. The highest BCUT2D eigenvalue weighted by molar-refractivity contribution is 8.06. The van der Waals surface area contributed by atoms with Crippen molar-refractivity contribution in [2.45, 2.75) is 61.2 Å². The first-order chi connectivity index (χ1) is 18.4. The number of ether oxygens (including phenoxy) is 1.